The van der Waals surface area contributed by atoms with Crippen LogP contribution < -0.4 is 10.6 Å². The van der Waals surface area contributed by atoms with Gasteiger partial charge in [-0.1, -0.05) is 48.0 Å². The van der Waals surface area contributed by atoms with Crippen molar-refractivity contribution < 1.29 is 4.79 Å². The smallest absolute Gasteiger partial charge is 0.242 e. The van der Waals surface area contributed by atoms with Gasteiger partial charge in [0.25, 0.3) is 0 Å². The molecule has 23 heavy (non-hydrogen) atoms. The summed E-state index contributed by atoms with van der Waals surface area (Å²) >= 11 is 0. The molecule has 0 unspecified atom stereocenters. The number of aryl methyl sites for hydroxylation is 2. The molecule has 2 atom stereocenters. The summed E-state index contributed by atoms with van der Waals surface area (Å²) in [5.41, 5.74) is 3.48. The number of carbonyl (C=O) groups is 1. The Bertz CT molecular complexity index is 607. The van der Waals surface area contributed by atoms with Crippen LogP contribution in [0.3, 0.4) is 0 Å². The SMILES string of the molecule is Cc1ccc(N[C@@H](C)C(=O)N[C@H](C)CCc2ccccc2)cc1. The van der Waals surface area contributed by atoms with Crippen molar-refractivity contribution in [2.45, 2.75) is 45.7 Å². The zero-order chi connectivity index (χ0) is 16.7. The Morgan fingerprint density at radius 1 is 1.00 bits per heavy atom. The van der Waals surface area contributed by atoms with Gasteiger partial charge in [-0.2, -0.15) is 0 Å². The van der Waals surface area contributed by atoms with Crippen LogP contribution in [0.5, 0.6) is 0 Å². The molecule has 0 aromatic heterocycles. The highest BCUT2D eigenvalue weighted by Gasteiger charge is 2.15. The van der Waals surface area contributed by atoms with Gasteiger partial charge in [0.2, 0.25) is 5.91 Å². The van der Waals surface area contributed by atoms with Crippen LogP contribution in [-0.4, -0.2) is 18.0 Å². The highest BCUT2D eigenvalue weighted by Crippen LogP contribution is 2.10. The van der Waals surface area contributed by atoms with E-state index in [1.54, 1.807) is 0 Å². The summed E-state index contributed by atoms with van der Waals surface area (Å²) in [4.78, 5) is 12.3. The highest BCUT2D eigenvalue weighted by molar-refractivity contribution is 5.84. The first kappa shape index (κ1) is 17.1. The second-order valence-corrected chi connectivity index (χ2v) is 6.17. The quantitative estimate of drug-likeness (QED) is 0.813. The topological polar surface area (TPSA) is 41.1 Å². The van der Waals surface area contributed by atoms with Crippen molar-refractivity contribution in [3.05, 3.63) is 65.7 Å². The lowest BCUT2D eigenvalue weighted by Crippen LogP contribution is -2.42. The van der Waals surface area contributed by atoms with Crippen LogP contribution in [0.15, 0.2) is 54.6 Å². The van der Waals surface area contributed by atoms with Gasteiger partial charge in [0, 0.05) is 11.7 Å². The summed E-state index contributed by atoms with van der Waals surface area (Å²) in [7, 11) is 0. The number of amides is 1. The molecule has 0 bridgehead atoms. The molecule has 1 amide bonds. The molecule has 3 nitrogen and oxygen atoms in total. The first-order chi connectivity index (χ1) is 11.0. The van der Waals surface area contributed by atoms with Crippen molar-refractivity contribution in [3.8, 4) is 0 Å². The standard InChI is InChI=1S/C20H26N2O/c1-15-9-13-19(14-10-15)22-17(3)20(23)21-16(2)11-12-18-7-5-4-6-8-18/h4-10,13-14,16-17,22H,11-12H2,1-3H3,(H,21,23)/t16-,17+/m1/s1. The molecule has 2 N–H and O–H groups in total. The maximum absolute atomic E-state index is 12.3. The van der Waals surface area contributed by atoms with Crippen LogP contribution in [0.4, 0.5) is 5.69 Å². The minimum absolute atomic E-state index is 0.0335. The van der Waals surface area contributed by atoms with E-state index in [2.05, 4.69) is 29.7 Å². The van der Waals surface area contributed by atoms with Crippen molar-refractivity contribution in [2.75, 3.05) is 5.32 Å². The van der Waals surface area contributed by atoms with Crippen molar-refractivity contribution in [1.29, 1.82) is 0 Å². The van der Waals surface area contributed by atoms with Gasteiger partial charge in [-0.05, 0) is 51.3 Å². The lowest BCUT2D eigenvalue weighted by atomic mass is 10.1. The van der Waals surface area contributed by atoms with E-state index in [0.717, 1.165) is 18.5 Å². The van der Waals surface area contributed by atoms with E-state index in [-0.39, 0.29) is 18.0 Å². The molecule has 0 saturated heterocycles. The fourth-order valence-electron chi connectivity index (χ4n) is 2.43. The zero-order valence-corrected chi connectivity index (χ0v) is 14.2. The molecule has 0 spiro atoms. The van der Waals surface area contributed by atoms with E-state index < -0.39 is 0 Å². The zero-order valence-electron chi connectivity index (χ0n) is 14.2. The average molecular weight is 310 g/mol. The number of nitrogens with one attached hydrogen (secondary N) is 2. The molecule has 0 aliphatic rings. The minimum atomic E-state index is -0.253. The van der Waals surface area contributed by atoms with E-state index in [0.29, 0.717) is 0 Å². The number of hydrogen-bond donors (Lipinski definition) is 2. The molecule has 122 valence electrons. The first-order valence-corrected chi connectivity index (χ1v) is 8.22. The van der Waals surface area contributed by atoms with Crippen LogP contribution in [0.1, 0.15) is 31.4 Å². The number of carbonyl (C=O) groups excluding carboxylic acids is 1. The van der Waals surface area contributed by atoms with Gasteiger partial charge in [-0.15, -0.1) is 0 Å². The number of anilines is 1. The van der Waals surface area contributed by atoms with Crippen molar-refractivity contribution in [2.24, 2.45) is 0 Å². The Hall–Kier alpha value is -2.29. The van der Waals surface area contributed by atoms with Crippen molar-refractivity contribution in [1.82, 2.24) is 5.32 Å². The van der Waals surface area contributed by atoms with Crippen molar-refractivity contribution in [3.63, 3.8) is 0 Å². The van der Waals surface area contributed by atoms with Gasteiger partial charge in [0.1, 0.15) is 6.04 Å². The second-order valence-electron chi connectivity index (χ2n) is 6.17. The molecule has 0 aliphatic heterocycles. The predicted molar refractivity (Wildman–Crippen MR) is 96.6 cm³/mol. The lowest BCUT2D eigenvalue weighted by molar-refractivity contribution is -0.122. The van der Waals surface area contributed by atoms with Gasteiger partial charge >= 0.3 is 0 Å². The average Bonchev–Trinajstić information content (AvgIpc) is 2.56. The molecular weight excluding hydrogens is 284 g/mol. The van der Waals surface area contributed by atoms with E-state index in [1.165, 1.54) is 11.1 Å². The monoisotopic (exact) mass is 310 g/mol. The fraction of sp³-hybridized carbons (Fsp3) is 0.350. The number of rotatable bonds is 7. The normalized spacial score (nSPS) is 13.2. The molecular formula is C20H26N2O. The molecule has 0 heterocycles. The molecule has 3 heteroatoms. The largest absolute Gasteiger partial charge is 0.374 e. The molecule has 0 saturated carbocycles. The van der Waals surface area contributed by atoms with Crippen LogP contribution in [-0.2, 0) is 11.2 Å². The Kier molecular flexibility index (Phi) is 6.21. The maximum atomic E-state index is 12.3. The third kappa shape index (κ3) is 5.78. The molecule has 2 rings (SSSR count). The van der Waals surface area contributed by atoms with Crippen LogP contribution >= 0.6 is 0 Å². The van der Waals surface area contributed by atoms with E-state index in [9.17, 15) is 4.79 Å². The molecule has 0 aliphatic carbocycles. The van der Waals surface area contributed by atoms with Crippen LogP contribution in [0, 0.1) is 6.92 Å². The van der Waals surface area contributed by atoms with Gasteiger partial charge in [0.15, 0.2) is 0 Å². The molecule has 0 radical (unpaired) electrons. The molecule has 2 aromatic carbocycles. The van der Waals surface area contributed by atoms with E-state index >= 15 is 0 Å². The summed E-state index contributed by atoms with van der Waals surface area (Å²) < 4.78 is 0. The lowest BCUT2D eigenvalue weighted by Gasteiger charge is -2.19. The third-order valence-corrected chi connectivity index (χ3v) is 3.93. The fourth-order valence-corrected chi connectivity index (χ4v) is 2.43. The summed E-state index contributed by atoms with van der Waals surface area (Å²) in [6, 6.07) is 18.3. The van der Waals surface area contributed by atoms with E-state index in [1.807, 2.05) is 56.3 Å². The van der Waals surface area contributed by atoms with E-state index in [4.69, 9.17) is 0 Å². The second kappa shape index (κ2) is 8.37. The van der Waals surface area contributed by atoms with Crippen LogP contribution in [0.2, 0.25) is 0 Å². The van der Waals surface area contributed by atoms with Crippen molar-refractivity contribution >= 4 is 11.6 Å². The maximum Gasteiger partial charge on any atom is 0.242 e. The number of hydrogen-bond acceptors (Lipinski definition) is 2. The highest BCUT2D eigenvalue weighted by atomic mass is 16.2. The predicted octanol–water partition coefficient (Wildman–Crippen LogP) is 3.93. The van der Waals surface area contributed by atoms with Gasteiger partial charge in [0.05, 0.1) is 0 Å². The summed E-state index contributed by atoms with van der Waals surface area (Å²) in [6.45, 7) is 5.99. The Morgan fingerprint density at radius 2 is 1.65 bits per heavy atom. The van der Waals surface area contributed by atoms with Gasteiger partial charge in [-0.25, -0.2) is 0 Å². The first-order valence-electron chi connectivity index (χ1n) is 8.22. The van der Waals surface area contributed by atoms with Gasteiger partial charge in [-0.3, -0.25) is 4.79 Å². The number of benzene rings is 2. The minimum Gasteiger partial charge on any atom is -0.374 e. The summed E-state index contributed by atoms with van der Waals surface area (Å²) in [5.74, 6) is 0.0335. The third-order valence-electron chi connectivity index (χ3n) is 3.93. The Morgan fingerprint density at radius 3 is 2.30 bits per heavy atom. The summed E-state index contributed by atoms with van der Waals surface area (Å²) in [5, 5.41) is 6.32. The molecule has 0 fully saturated rings. The Labute approximate surface area is 139 Å². The van der Waals surface area contributed by atoms with Gasteiger partial charge < -0.3 is 10.6 Å². The molecule has 2 aromatic rings. The summed E-state index contributed by atoms with van der Waals surface area (Å²) in [6.07, 6.45) is 1.91. The Balaban J connectivity index is 1.77. The van der Waals surface area contributed by atoms with Crippen LogP contribution in [0.25, 0.3) is 0 Å².